The molecule has 0 aromatic heterocycles. The maximum atomic E-state index is 11.4. The van der Waals surface area contributed by atoms with Gasteiger partial charge in [0.05, 0.1) is 6.54 Å². The van der Waals surface area contributed by atoms with Gasteiger partial charge in [0.2, 0.25) is 5.91 Å². The quantitative estimate of drug-likeness (QED) is 0.696. The van der Waals surface area contributed by atoms with Crippen LogP contribution in [0.3, 0.4) is 0 Å². The second-order valence-electron chi connectivity index (χ2n) is 4.63. The molecule has 2 N–H and O–H groups in total. The van der Waals surface area contributed by atoms with Crippen LogP contribution in [0.1, 0.15) is 32.1 Å². The summed E-state index contributed by atoms with van der Waals surface area (Å²) in [6.45, 7) is 3.47. The fourth-order valence-corrected chi connectivity index (χ4v) is 1.88. The van der Waals surface area contributed by atoms with E-state index in [0.29, 0.717) is 6.54 Å². The normalized spacial score (nSPS) is 22.7. The molecule has 0 aromatic rings. The molecule has 1 saturated heterocycles. The SMILES string of the molecule is O=C(CNN1CCCCC1)NCC1CC1. The molecule has 4 heteroatoms. The van der Waals surface area contributed by atoms with Crippen LogP contribution >= 0.6 is 0 Å². The van der Waals surface area contributed by atoms with Crippen molar-refractivity contribution in [1.82, 2.24) is 15.8 Å². The van der Waals surface area contributed by atoms with Gasteiger partial charge in [0.1, 0.15) is 0 Å². The van der Waals surface area contributed by atoms with Crippen LogP contribution in [0.15, 0.2) is 0 Å². The number of nitrogens with one attached hydrogen (secondary N) is 2. The predicted octanol–water partition coefficient (Wildman–Crippen LogP) is 0.503. The number of rotatable bonds is 5. The van der Waals surface area contributed by atoms with E-state index in [-0.39, 0.29) is 5.91 Å². The highest BCUT2D eigenvalue weighted by Crippen LogP contribution is 2.27. The molecule has 1 saturated carbocycles. The molecular formula is C11H21N3O. The van der Waals surface area contributed by atoms with Crippen molar-refractivity contribution in [1.29, 1.82) is 0 Å². The molecule has 1 heterocycles. The molecule has 4 nitrogen and oxygen atoms in total. The minimum Gasteiger partial charge on any atom is -0.355 e. The molecule has 2 rings (SSSR count). The van der Waals surface area contributed by atoms with Crippen LogP contribution in [0.4, 0.5) is 0 Å². The van der Waals surface area contributed by atoms with E-state index in [9.17, 15) is 4.79 Å². The molecule has 1 amide bonds. The standard InChI is InChI=1S/C11H21N3O/c15-11(12-8-10-4-5-10)9-13-14-6-2-1-3-7-14/h10,13H,1-9H2,(H,12,15). The molecular weight excluding hydrogens is 190 g/mol. The van der Waals surface area contributed by atoms with Gasteiger partial charge in [0, 0.05) is 19.6 Å². The van der Waals surface area contributed by atoms with Crippen LogP contribution < -0.4 is 10.7 Å². The molecule has 2 aliphatic rings. The Morgan fingerprint density at radius 2 is 1.93 bits per heavy atom. The van der Waals surface area contributed by atoms with Crippen molar-refractivity contribution in [2.75, 3.05) is 26.2 Å². The lowest BCUT2D eigenvalue weighted by Crippen LogP contribution is -2.46. The van der Waals surface area contributed by atoms with E-state index in [1.807, 2.05) is 0 Å². The zero-order valence-electron chi connectivity index (χ0n) is 9.30. The van der Waals surface area contributed by atoms with Gasteiger partial charge in [-0.1, -0.05) is 6.42 Å². The summed E-state index contributed by atoms with van der Waals surface area (Å²) in [4.78, 5) is 11.4. The lowest BCUT2D eigenvalue weighted by atomic mass is 10.2. The third-order valence-electron chi connectivity index (χ3n) is 3.10. The van der Waals surface area contributed by atoms with Gasteiger partial charge in [-0.15, -0.1) is 0 Å². The lowest BCUT2D eigenvalue weighted by Gasteiger charge is -2.26. The number of hydrazine groups is 1. The van der Waals surface area contributed by atoms with Crippen LogP contribution in [0.25, 0.3) is 0 Å². The summed E-state index contributed by atoms with van der Waals surface area (Å²) in [7, 11) is 0. The number of hydrogen-bond acceptors (Lipinski definition) is 3. The van der Waals surface area contributed by atoms with E-state index in [1.54, 1.807) is 0 Å². The van der Waals surface area contributed by atoms with Gasteiger partial charge in [-0.05, 0) is 31.6 Å². The Morgan fingerprint density at radius 3 is 2.60 bits per heavy atom. The first-order valence-electron chi connectivity index (χ1n) is 6.10. The van der Waals surface area contributed by atoms with Crippen LogP contribution in [0, 0.1) is 5.92 Å². The van der Waals surface area contributed by atoms with Crippen LogP contribution in [-0.2, 0) is 4.79 Å². The summed E-state index contributed by atoms with van der Waals surface area (Å²) >= 11 is 0. The van der Waals surface area contributed by atoms with E-state index in [4.69, 9.17) is 0 Å². The zero-order valence-corrected chi connectivity index (χ0v) is 9.30. The Morgan fingerprint density at radius 1 is 1.20 bits per heavy atom. The molecule has 0 aromatic carbocycles. The Balaban J connectivity index is 1.53. The molecule has 0 atom stereocenters. The summed E-state index contributed by atoms with van der Waals surface area (Å²) in [5.41, 5.74) is 3.19. The molecule has 0 spiro atoms. The highest BCUT2D eigenvalue weighted by molar-refractivity contribution is 5.77. The largest absolute Gasteiger partial charge is 0.355 e. The summed E-state index contributed by atoms with van der Waals surface area (Å²) in [5.74, 6) is 0.899. The number of nitrogens with zero attached hydrogens (tertiary/aromatic N) is 1. The summed E-state index contributed by atoms with van der Waals surface area (Å²) in [6, 6.07) is 0. The van der Waals surface area contributed by atoms with Crippen LogP contribution in [0.2, 0.25) is 0 Å². The zero-order chi connectivity index (χ0) is 10.5. The van der Waals surface area contributed by atoms with E-state index in [1.165, 1.54) is 32.1 Å². The Bertz CT molecular complexity index is 210. The van der Waals surface area contributed by atoms with Crippen molar-refractivity contribution < 1.29 is 4.79 Å². The van der Waals surface area contributed by atoms with Gasteiger partial charge in [0.15, 0.2) is 0 Å². The highest BCUT2D eigenvalue weighted by Gasteiger charge is 2.21. The average Bonchev–Trinajstić information content (AvgIpc) is 3.09. The maximum absolute atomic E-state index is 11.4. The number of carbonyl (C=O) groups excluding carboxylic acids is 1. The monoisotopic (exact) mass is 211 g/mol. The van der Waals surface area contributed by atoms with Crippen molar-refractivity contribution >= 4 is 5.91 Å². The van der Waals surface area contributed by atoms with Crippen molar-refractivity contribution in [2.45, 2.75) is 32.1 Å². The molecule has 86 valence electrons. The predicted molar refractivity (Wildman–Crippen MR) is 59.2 cm³/mol. The number of carbonyl (C=O) groups is 1. The first kappa shape index (κ1) is 10.9. The Labute approximate surface area is 91.4 Å². The average molecular weight is 211 g/mol. The van der Waals surface area contributed by atoms with Gasteiger partial charge in [-0.25, -0.2) is 10.4 Å². The fourth-order valence-electron chi connectivity index (χ4n) is 1.88. The first-order chi connectivity index (χ1) is 7.34. The summed E-state index contributed by atoms with van der Waals surface area (Å²) in [5, 5.41) is 5.12. The number of amides is 1. The molecule has 1 aliphatic heterocycles. The van der Waals surface area contributed by atoms with Gasteiger partial charge >= 0.3 is 0 Å². The number of hydrogen-bond donors (Lipinski definition) is 2. The second-order valence-corrected chi connectivity index (χ2v) is 4.63. The molecule has 15 heavy (non-hydrogen) atoms. The van der Waals surface area contributed by atoms with Crippen LogP contribution in [0.5, 0.6) is 0 Å². The summed E-state index contributed by atoms with van der Waals surface area (Å²) in [6.07, 6.45) is 6.40. The van der Waals surface area contributed by atoms with Gasteiger partial charge < -0.3 is 5.32 Å². The van der Waals surface area contributed by atoms with Crippen molar-refractivity contribution in [3.05, 3.63) is 0 Å². The molecule has 0 bridgehead atoms. The number of piperidine rings is 1. The molecule has 0 unspecified atom stereocenters. The van der Waals surface area contributed by atoms with E-state index in [2.05, 4.69) is 15.8 Å². The minimum atomic E-state index is 0.132. The van der Waals surface area contributed by atoms with E-state index in [0.717, 1.165) is 25.6 Å². The smallest absolute Gasteiger partial charge is 0.235 e. The van der Waals surface area contributed by atoms with Gasteiger partial charge in [-0.3, -0.25) is 4.79 Å². The fraction of sp³-hybridized carbons (Fsp3) is 0.909. The van der Waals surface area contributed by atoms with E-state index < -0.39 is 0 Å². The third-order valence-corrected chi connectivity index (χ3v) is 3.10. The van der Waals surface area contributed by atoms with Crippen molar-refractivity contribution in [3.63, 3.8) is 0 Å². The summed E-state index contributed by atoms with van der Waals surface area (Å²) < 4.78 is 0. The topological polar surface area (TPSA) is 44.4 Å². The third kappa shape index (κ3) is 4.18. The maximum Gasteiger partial charge on any atom is 0.235 e. The second kappa shape index (κ2) is 5.47. The Hall–Kier alpha value is -0.610. The highest BCUT2D eigenvalue weighted by atomic mass is 16.2. The Kier molecular flexibility index (Phi) is 3.97. The minimum absolute atomic E-state index is 0.132. The van der Waals surface area contributed by atoms with Crippen molar-refractivity contribution in [3.8, 4) is 0 Å². The molecule has 1 aliphatic carbocycles. The first-order valence-corrected chi connectivity index (χ1v) is 6.10. The van der Waals surface area contributed by atoms with E-state index >= 15 is 0 Å². The van der Waals surface area contributed by atoms with Gasteiger partial charge in [0.25, 0.3) is 0 Å². The van der Waals surface area contributed by atoms with Crippen LogP contribution in [-0.4, -0.2) is 37.1 Å². The van der Waals surface area contributed by atoms with Gasteiger partial charge in [-0.2, -0.15) is 0 Å². The lowest BCUT2D eigenvalue weighted by molar-refractivity contribution is -0.121. The molecule has 0 radical (unpaired) electrons. The van der Waals surface area contributed by atoms with Crippen molar-refractivity contribution in [2.24, 2.45) is 5.92 Å². The molecule has 2 fully saturated rings.